The summed E-state index contributed by atoms with van der Waals surface area (Å²) in [4.78, 5) is 12.2. The summed E-state index contributed by atoms with van der Waals surface area (Å²) in [5.74, 6) is 0.841. The summed E-state index contributed by atoms with van der Waals surface area (Å²) in [5.41, 5.74) is 0. The van der Waals surface area contributed by atoms with Gasteiger partial charge in [-0.05, 0) is 34.6 Å². The van der Waals surface area contributed by atoms with E-state index in [9.17, 15) is 0 Å². The number of nitrogens with one attached hydrogen (secondary N) is 2. The number of aromatic nitrogens is 1. The molecule has 22 heavy (non-hydrogen) atoms. The highest BCUT2D eigenvalue weighted by atomic mass is 127. The Balaban J connectivity index is 0.00000441. The number of nitrogens with zero attached hydrogens (tertiary/aromatic N) is 3. The van der Waals surface area contributed by atoms with Crippen molar-refractivity contribution in [3.63, 3.8) is 0 Å². The van der Waals surface area contributed by atoms with Gasteiger partial charge >= 0.3 is 0 Å². The molecule has 0 amide bonds. The smallest absolute Gasteiger partial charge is 0.191 e. The number of rotatable bonds is 7. The molecule has 0 atom stereocenters. The fourth-order valence-corrected chi connectivity index (χ4v) is 3.03. The SMILES string of the molecule is CN=C(NCCN(C(C)C)C(C)C)NCc1cnc(C)s1.I. The molecule has 0 saturated heterocycles. The average molecular weight is 439 g/mol. The summed E-state index contributed by atoms with van der Waals surface area (Å²) in [6.45, 7) is 13.6. The van der Waals surface area contributed by atoms with Crippen molar-refractivity contribution in [2.75, 3.05) is 20.1 Å². The van der Waals surface area contributed by atoms with E-state index in [4.69, 9.17) is 0 Å². The lowest BCUT2D eigenvalue weighted by Gasteiger charge is -2.30. The van der Waals surface area contributed by atoms with Crippen LogP contribution >= 0.6 is 35.3 Å². The van der Waals surface area contributed by atoms with Crippen LogP contribution in [-0.4, -0.2) is 48.1 Å². The monoisotopic (exact) mass is 439 g/mol. The van der Waals surface area contributed by atoms with Gasteiger partial charge in [-0.3, -0.25) is 9.89 Å². The second kappa shape index (κ2) is 11.2. The fourth-order valence-electron chi connectivity index (χ4n) is 2.29. The van der Waals surface area contributed by atoms with Crippen LogP contribution in [0.15, 0.2) is 11.2 Å². The molecule has 0 saturated carbocycles. The summed E-state index contributed by atoms with van der Waals surface area (Å²) in [6.07, 6.45) is 1.92. The third-order valence-corrected chi connectivity index (χ3v) is 4.22. The maximum absolute atomic E-state index is 4.26. The van der Waals surface area contributed by atoms with Crippen molar-refractivity contribution >= 4 is 41.3 Å². The molecule has 0 aliphatic carbocycles. The first kappa shape index (κ1) is 21.6. The molecule has 0 spiro atoms. The zero-order valence-electron chi connectivity index (χ0n) is 14.5. The van der Waals surface area contributed by atoms with Gasteiger partial charge in [-0.25, -0.2) is 4.98 Å². The predicted molar refractivity (Wildman–Crippen MR) is 107 cm³/mol. The summed E-state index contributed by atoms with van der Waals surface area (Å²) in [5, 5.41) is 7.79. The number of hydrogen-bond acceptors (Lipinski definition) is 4. The molecule has 1 heterocycles. The highest BCUT2D eigenvalue weighted by Gasteiger charge is 2.12. The molecule has 0 aromatic carbocycles. The molecule has 1 aromatic heterocycles. The Bertz CT molecular complexity index is 437. The largest absolute Gasteiger partial charge is 0.355 e. The highest BCUT2D eigenvalue weighted by molar-refractivity contribution is 14.0. The molecule has 1 aromatic rings. The molecule has 2 N–H and O–H groups in total. The Morgan fingerprint density at radius 3 is 2.36 bits per heavy atom. The van der Waals surface area contributed by atoms with Gasteiger partial charge < -0.3 is 10.6 Å². The van der Waals surface area contributed by atoms with Gasteiger partial charge in [-0.1, -0.05) is 0 Å². The van der Waals surface area contributed by atoms with Gasteiger partial charge in [-0.2, -0.15) is 0 Å². The molecular formula is C15H30IN5S. The number of aliphatic imine (C=N–C) groups is 1. The first-order valence-corrected chi connectivity index (χ1v) is 8.37. The van der Waals surface area contributed by atoms with Crippen molar-refractivity contribution in [2.24, 2.45) is 4.99 Å². The standard InChI is InChI=1S/C15H29N5S.HI/c1-11(2)20(12(3)4)8-7-17-15(16-6)19-10-14-9-18-13(5)21-14;/h9,11-12H,7-8,10H2,1-6H3,(H2,16,17,19);1H. The van der Waals surface area contributed by atoms with Gasteiger partial charge in [0.1, 0.15) is 0 Å². The van der Waals surface area contributed by atoms with E-state index in [0.29, 0.717) is 12.1 Å². The van der Waals surface area contributed by atoms with Gasteiger partial charge in [0.05, 0.1) is 11.6 Å². The molecule has 0 unspecified atom stereocenters. The summed E-state index contributed by atoms with van der Waals surface area (Å²) >= 11 is 1.71. The van der Waals surface area contributed by atoms with Crippen molar-refractivity contribution in [1.29, 1.82) is 0 Å². The molecule has 0 bridgehead atoms. The van der Waals surface area contributed by atoms with Gasteiger partial charge in [0, 0.05) is 43.3 Å². The molecule has 7 heteroatoms. The van der Waals surface area contributed by atoms with Crippen molar-refractivity contribution in [1.82, 2.24) is 20.5 Å². The number of aryl methyl sites for hydroxylation is 1. The Labute approximate surface area is 156 Å². The van der Waals surface area contributed by atoms with Crippen LogP contribution < -0.4 is 10.6 Å². The van der Waals surface area contributed by atoms with Gasteiger partial charge in [0.2, 0.25) is 0 Å². The van der Waals surface area contributed by atoms with Crippen molar-refractivity contribution < 1.29 is 0 Å². The van der Waals surface area contributed by atoms with E-state index in [0.717, 1.165) is 30.6 Å². The Morgan fingerprint density at radius 1 is 1.27 bits per heavy atom. The molecule has 1 rings (SSSR count). The third kappa shape index (κ3) is 7.73. The van der Waals surface area contributed by atoms with E-state index < -0.39 is 0 Å². The van der Waals surface area contributed by atoms with Gasteiger partial charge in [-0.15, -0.1) is 35.3 Å². The Kier molecular flexibility index (Phi) is 11.0. The number of hydrogen-bond donors (Lipinski definition) is 2. The van der Waals surface area contributed by atoms with Crippen molar-refractivity contribution in [3.8, 4) is 0 Å². The maximum atomic E-state index is 4.26. The first-order chi connectivity index (χ1) is 9.93. The normalized spacial score (nSPS) is 12.0. The Hall–Kier alpha value is -0.410. The average Bonchev–Trinajstić information content (AvgIpc) is 2.82. The Morgan fingerprint density at radius 2 is 1.91 bits per heavy atom. The van der Waals surface area contributed by atoms with E-state index in [1.807, 2.05) is 13.1 Å². The molecule has 0 aliphatic heterocycles. The molecule has 0 fully saturated rings. The van der Waals surface area contributed by atoms with E-state index in [1.165, 1.54) is 4.88 Å². The van der Waals surface area contributed by atoms with Crippen LogP contribution in [0.25, 0.3) is 0 Å². The topological polar surface area (TPSA) is 52.6 Å². The summed E-state index contributed by atoms with van der Waals surface area (Å²) in [7, 11) is 1.80. The maximum Gasteiger partial charge on any atom is 0.191 e. The fraction of sp³-hybridized carbons (Fsp3) is 0.733. The van der Waals surface area contributed by atoms with Crippen LogP contribution in [0.3, 0.4) is 0 Å². The van der Waals surface area contributed by atoms with Crippen LogP contribution in [0.4, 0.5) is 0 Å². The first-order valence-electron chi connectivity index (χ1n) is 7.55. The van der Waals surface area contributed by atoms with E-state index in [2.05, 4.69) is 53.2 Å². The second-order valence-corrected chi connectivity index (χ2v) is 6.94. The van der Waals surface area contributed by atoms with E-state index in [-0.39, 0.29) is 24.0 Å². The minimum Gasteiger partial charge on any atom is -0.355 e. The minimum absolute atomic E-state index is 0. The van der Waals surface area contributed by atoms with Gasteiger partial charge in [0.25, 0.3) is 0 Å². The van der Waals surface area contributed by atoms with Gasteiger partial charge in [0.15, 0.2) is 5.96 Å². The summed E-state index contributed by atoms with van der Waals surface area (Å²) < 4.78 is 0. The predicted octanol–water partition coefficient (Wildman–Crippen LogP) is 2.85. The van der Waals surface area contributed by atoms with Crippen molar-refractivity contribution in [3.05, 3.63) is 16.1 Å². The lowest BCUT2D eigenvalue weighted by atomic mass is 10.2. The molecular weight excluding hydrogens is 409 g/mol. The van der Waals surface area contributed by atoms with Crippen molar-refractivity contribution in [2.45, 2.75) is 53.2 Å². The van der Waals surface area contributed by atoms with E-state index in [1.54, 1.807) is 18.4 Å². The number of thiazole rings is 1. The van der Waals surface area contributed by atoms with Crippen LogP contribution in [0.5, 0.6) is 0 Å². The van der Waals surface area contributed by atoms with E-state index >= 15 is 0 Å². The van der Waals surface area contributed by atoms with Crippen LogP contribution in [0.2, 0.25) is 0 Å². The highest BCUT2D eigenvalue weighted by Crippen LogP contribution is 2.10. The zero-order chi connectivity index (χ0) is 15.8. The van der Waals surface area contributed by atoms with Crippen LogP contribution in [-0.2, 0) is 6.54 Å². The lowest BCUT2D eigenvalue weighted by molar-refractivity contribution is 0.178. The summed E-state index contributed by atoms with van der Waals surface area (Å²) in [6, 6.07) is 1.11. The second-order valence-electron chi connectivity index (χ2n) is 5.62. The molecule has 0 radical (unpaired) electrons. The zero-order valence-corrected chi connectivity index (χ0v) is 17.7. The number of halogens is 1. The third-order valence-electron chi connectivity index (χ3n) is 3.31. The molecule has 0 aliphatic rings. The minimum atomic E-state index is 0. The van der Waals surface area contributed by atoms with Crippen LogP contribution in [0.1, 0.15) is 37.6 Å². The lowest BCUT2D eigenvalue weighted by Crippen LogP contribution is -2.45. The molecule has 128 valence electrons. The molecule has 5 nitrogen and oxygen atoms in total. The van der Waals surface area contributed by atoms with Crippen LogP contribution in [0, 0.1) is 6.92 Å². The number of guanidine groups is 1. The quantitative estimate of drug-likeness (QED) is 0.390.